The molecule has 0 unspecified atom stereocenters. The SMILES string of the molecule is CC.Cc1cc(C)n(C)n1.Cc1cnc(C)s1.Cc1cnc(C)s1.Cc1cncs1.Cc1csc(C)n1.Cc1csc(C)n1.Cc1cscn1.Cc1nc(C)c(C)s1.Cc1nc2ccccc2s1.Cc1nc2ccccc2s1.Cc1nccs1.Cn1ccnc1.Cn1cnc(Cl)c1Cl. The van der Waals surface area contributed by atoms with Gasteiger partial charge in [-0.1, -0.05) is 61.3 Å². The number of imidazole rings is 2. The van der Waals surface area contributed by atoms with Gasteiger partial charge in [-0.3, -0.25) is 19.6 Å². The number of rotatable bonds is 0. The van der Waals surface area contributed by atoms with Gasteiger partial charge in [0.1, 0.15) is 5.15 Å². The Kier molecular flexibility index (Phi) is 44.6. The molecule has 0 amide bonds. The van der Waals surface area contributed by atoms with Crippen molar-refractivity contribution < 1.29 is 0 Å². The number of hydrogen-bond donors (Lipinski definition) is 0. The van der Waals surface area contributed by atoms with Crippen molar-refractivity contribution in [2.24, 2.45) is 21.1 Å². The van der Waals surface area contributed by atoms with Crippen LogP contribution in [0, 0.1) is 125 Å². The van der Waals surface area contributed by atoms with Crippen LogP contribution in [-0.2, 0) is 21.1 Å². The molecule has 0 atom stereocenters. The largest absolute Gasteiger partial charge is 0.341 e. The number of halogens is 2. The van der Waals surface area contributed by atoms with Crippen molar-refractivity contribution in [3.05, 3.63) is 241 Å². The number of aromatic nitrogens is 16. The highest BCUT2D eigenvalue weighted by Gasteiger charge is 2.01. The van der Waals surface area contributed by atoms with E-state index < -0.39 is 0 Å². The maximum atomic E-state index is 5.56. The molecule has 0 aliphatic heterocycles. The van der Waals surface area contributed by atoms with Crippen LogP contribution < -0.4 is 0 Å². The van der Waals surface area contributed by atoms with Gasteiger partial charge in [0, 0.05) is 122 Å². The molecule has 98 heavy (non-hydrogen) atoms. The van der Waals surface area contributed by atoms with E-state index in [1.54, 1.807) is 150 Å². The summed E-state index contributed by atoms with van der Waals surface area (Å²) in [5, 5.41) is 22.2. The second-order valence-corrected chi connectivity index (χ2v) is 32.8. The number of para-hydroxylation sites is 2. The Bertz CT molecular complexity index is 3800. The van der Waals surface area contributed by atoms with E-state index in [4.69, 9.17) is 23.2 Å². The van der Waals surface area contributed by atoms with Crippen LogP contribution in [-0.4, -0.2) is 78.7 Å². The van der Waals surface area contributed by atoms with Gasteiger partial charge in [0.05, 0.1) is 95.6 Å². The summed E-state index contributed by atoms with van der Waals surface area (Å²) in [4.78, 5) is 53.6. The van der Waals surface area contributed by atoms with Crippen LogP contribution in [0.5, 0.6) is 0 Å². The molecule has 16 nitrogen and oxygen atoms in total. The maximum absolute atomic E-state index is 5.56. The Balaban J connectivity index is 0.000000362. The van der Waals surface area contributed by atoms with Gasteiger partial charge in [0.15, 0.2) is 5.15 Å². The fourth-order valence-electron chi connectivity index (χ4n) is 6.79. The predicted molar refractivity (Wildman–Crippen MR) is 432 cm³/mol. The lowest BCUT2D eigenvalue weighted by molar-refractivity contribution is 0.731. The van der Waals surface area contributed by atoms with E-state index in [2.05, 4.69) is 115 Å². The average molecular weight is 1550 g/mol. The normalized spacial score (nSPS) is 9.48. The first kappa shape index (κ1) is 87.6. The molecule has 13 heterocycles. The Labute approximate surface area is 630 Å². The summed E-state index contributed by atoms with van der Waals surface area (Å²) in [6.07, 6.45) is 14.4. The van der Waals surface area contributed by atoms with Crippen LogP contribution in [0.1, 0.15) is 108 Å². The summed E-state index contributed by atoms with van der Waals surface area (Å²) in [5.74, 6) is 0. The summed E-state index contributed by atoms with van der Waals surface area (Å²) in [5.41, 5.74) is 12.7. The lowest BCUT2D eigenvalue weighted by Crippen LogP contribution is -1.91. The van der Waals surface area contributed by atoms with Crippen LogP contribution in [0.3, 0.4) is 0 Å². The molecule has 13 aromatic heterocycles. The average Bonchev–Trinajstić information content (AvgIpc) is 1.72. The summed E-state index contributed by atoms with van der Waals surface area (Å²) in [6, 6.07) is 18.4. The first-order valence-corrected chi connectivity index (χ1v) is 39.7. The van der Waals surface area contributed by atoms with E-state index >= 15 is 0 Å². The zero-order chi connectivity index (χ0) is 73.1. The van der Waals surface area contributed by atoms with E-state index in [0.29, 0.717) is 10.3 Å². The van der Waals surface area contributed by atoms with Crippen molar-refractivity contribution in [3.8, 4) is 0 Å². The second-order valence-electron chi connectivity index (χ2n) is 20.3. The number of fused-ring (bicyclic) bond motifs is 2. The maximum Gasteiger partial charge on any atom is 0.166 e. The fraction of sp³-hybridized carbons (Fsp3) is 0.329. The molecule has 526 valence electrons. The summed E-state index contributed by atoms with van der Waals surface area (Å²) < 4.78 is 7.96. The second kappa shape index (κ2) is 49.9. The van der Waals surface area contributed by atoms with Gasteiger partial charge in [0.2, 0.25) is 0 Å². The minimum Gasteiger partial charge on any atom is -0.341 e. The van der Waals surface area contributed by atoms with Crippen LogP contribution in [0.4, 0.5) is 0 Å². The smallest absolute Gasteiger partial charge is 0.166 e. The van der Waals surface area contributed by atoms with E-state index in [1.807, 2.05) is 224 Å². The highest BCUT2D eigenvalue weighted by atomic mass is 35.5. The van der Waals surface area contributed by atoms with Gasteiger partial charge in [-0.15, -0.1) is 113 Å². The molecule has 15 rings (SSSR count). The van der Waals surface area contributed by atoms with E-state index in [-0.39, 0.29) is 0 Å². The molecule has 0 spiro atoms. The lowest BCUT2D eigenvalue weighted by Gasteiger charge is -1.87. The molecule has 0 saturated heterocycles. The van der Waals surface area contributed by atoms with Crippen LogP contribution in [0.2, 0.25) is 10.3 Å². The van der Waals surface area contributed by atoms with Gasteiger partial charge < -0.3 is 9.13 Å². The fourth-order valence-corrected chi connectivity index (χ4v) is 13.5. The Hall–Kier alpha value is -6.53. The zero-order valence-corrected chi connectivity index (χ0v) is 69.9. The third-order valence-electron chi connectivity index (χ3n) is 11.2. The van der Waals surface area contributed by atoms with E-state index in [1.165, 1.54) is 45.3 Å². The zero-order valence-electron chi connectivity index (χ0n) is 60.3. The van der Waals surface area contributed by atoms with Gasteiger partial charge >= 0.3 is 0 Å². The third-order valence-corrected chi connectivity index (χ3v) is 20.5. The van der Waals surface area contributed by atoms with Crippen LogP contribution in [0.15, 0.2) is 137 Å². The number of aryl methyl sites for hydroxylation is 21. The molecule has 2 aromatic carbocycles. The molecule has 15 aromatic rings. The van der Waals surface area contributed by atoms with Gasteiger partial charge in [-0.25, -0.2) is 44.9 Å². The molecule has 0 N–H and O–H groups in total. The molecule has 0 fully saturated rings. The minimum absolute atomic E-state index is 0.356. The Morgan fingerprint density at radius 2 is 0.949 bits per heavy atom. The molecule has 0 aliphatic rings. The number of nitrogens with zero attached hydrogens (tertiary/aromatic N) is 16. The lowest BCUT2D eigenvalue weighted by atomic mass is 10.3. The summed E-state index contributed by atoms with van der Waals surface area (Å²) >= 11 is 28.1. The van der Waals surface area contributed by atoms with Crippen molar-refractivity contribution in [1.29, 1.82) is 0 Å². The number of benzene rings is 2. The van der Waals surface area contributed by atoms with Gasteiger partial charge in [-0.2, -0.15) is 5.10 Å². The third kappa shape index (κ3) is 39.9. The topological polar surface area (TPSA) is 182 Å². The van der Waals surface area contributed by atoms with Crippen molar-refractivity contribution in [1.82, 2.24) is 78.7 Å². The molecular weight excluding hydrogens is 1460 g/mol. The molecule has 0 saturated carbocycles. The van der Waals surface area contributed by atoms with E-state index in [9.17, 15) is 0 Å². The Morgan fingerprint density at radius 1 is 0.418 bits per heavy atom. The molecule has 0 bridgehead atoms. The summed E-state index contributed by atoms with van der Waals surface area (Å²) in [7, 11) is 5.66. The molecule has 28 heteroatoms. The van der Waals surface area contributed by atoms with Crippen LogP contribution in [0.25, 0.3) is 20.4 Å². The van der Waals surface area contributed by atoms with Crippen LogP contribution >= 0.6 is 137 Å². The van der Waals surface area contributed by atoms with Crippen molar-refractivity contribution >= 4 is 157 Å². The first-order chi connectivity index (χ1) is 46.6. The number of thiazole rings is 10. The quantitative estimate of drug-likeness (QED) is 0.140. The van der Waals surface area contributed by atoms with E-state index in [0.717, 1.165) is 68.9 Å². The first-order valence-electron chi connectivity index (χ1n) is 30.4. The molecule has 0 aliphatic carbocycles. The highest BCUT2D eigenvalue weighted by molar-refractivity contribution is 7.19. The van der Waals surface area contributed by atoms with Crippen molar-refractivity contribution in [3.63, 3.8) is 0 Å². The Morgan fingerprint density at radius 3 is 1.12 bits per heavy atom. The number of hydrogen-bond acceptors (Lipinski definition) is 23. The summed E-state index contributed by atoms with van der Waals surface area (Å²) in [6.45, 7) is 40.5. The highest BCUT2D eigenvalue weighted by Crippen LogP contribution is 2.22. The predicted octanol–water partition coefficient (Wildman–Crippen LogP) is 22.9. The van der Waals surface area contributed by atoms with Crippen molar-refractivity contribution in [2.75, 3.05) is 0 Å². The molecule has 0 radical (unpaired) electrons. The molecular formula is C70H92Cl2N16S10. The monoisotopic (exact) mass is 1550 g/mol. The standard InChI is InChI=1S/2C8H7NS.C6H10N2.C6H9NS.4C5H7NS.C4H4Cl2N2.C4H6N2.3C4H5NS.C2H6/c2*1-6-9-7-4-2-3-5-8(7)10-6;1-5-4-6(2)8(3)7-5;1-4-5(2)8-6(3)7-4;2*1-4-3-7-5(2)6-4;2*1-4-3-6-5(2)7-4;1-8-2-7-3(5)4(8)6;1-6-3-2-5-4-6;1-4-2-6-3-5-4;1-4-2-5-3-6-4;1-4-5-2-3-6-4;1-2/h2*2-5H,1H3;4H,1-3H3;1-3H3;4*3H,1-2H3;2H,1H3;2-4H,1H3;3*2-3H,1H3;1-2H3. The van der Waals surface area contributed by atoms with Gasteiger partial charge in [-0.05, 0) is 155 Å². The van der Waals surface area contributed by atoms with Gasteiger partial charge in [0.25, 0.3) is 0 Å². The minimum atomic E-state index is 0.356. The van der Waals surface area contributed by atoms with Crippen molar-refractivity contribution in [2.45, 2.75) is 138 Å².